The molecule has 103 heavy (non-hydrogen) atoms. The first-order chi connectivity index (χ1) is 50.8. The summed E-state index contributed by atoms with van der Waals surface area (Å²) in [7, 11) is 0. The van der Waals surface area contributed by atoms with E-state index in [1.54, 1.807) is 33.4 Å². The average molecular weight is 1380 g/mol. The molecule has 0 spiro atoms. The first kappa shape index (κ1) is 77.5. The molecule has 0 saturated heterocycles. The number of hydrogen-bond donors (Lipinski definition) is 2. The quantitative estimate of drug-likeness (QED) is 0.0371. The molecule has 0 saturated carbocycles. The van der Waals surface area contributed by atoms with Crippen molar-refractivity contribution in [2.45, 2.75) is 341 Å². The van der Waals surface area contributed by atoms with Crippen molar-refractivity contribution < 1.29 is 0 Å². The van der Waals surface area contributed by atoms with Crippen LogP contribution in [0.5, 0.6) is 0 Å². The van der Waals surface area contributed by atoms with Crippen LogP contribution in [0.3, 0.4) is 0 Å². The number of fused-ring (bicyclic) bond motifs is 9. The fraction of sp³-hybridized carbons (Fsp3) is 0.525. The molecular weight excluding hydrogens is 1240 g/mol. The lowest BCUT2D eigenvalue weighted by atomic mass is 9.69. The standard InChI is InChI=1S/C101H136N2/c1-7-13-19-25-31-43-65-99(66-44-32-26-20-14-8-2)93-71-81(83-55-61-89-91-63-57-85(102-77-79-49-39-37-40-50-79)75-97(91)100(95(89)73-83,67-45-33-27-21-15-9-3)68-46-34-28-22-16-10-4)53-59-87(93)88-60-54-82(72-94(88)99)84-56-62-90-92-64-58-86(103-78-80-51-41-38-42-52-80)76-98(92)101(96(90)74-84,69-47-35-29-23-17-11-5)70-48-36-30-24-18-12-6/h37-42,49-64,71-76,102-103H,7-36,43-48,65-70,77-78H2,1-6H3. The molecule has 550 valence electrons. The molecule has 2 nitrogen and oxygen atoms in total. The highest BCUT2D eigenvalue weighted by Crippen LogP contribution is 2.60. The average Bonchev–Trinajstić information content (AvgIpc) is 1.57. The van der Waals surface area contributed by atoms with Crippen LogP contribution >= 0.6 is 0 Å². The summed E-state index contributed by atoms with van der Waals surface area (Å²) >= 11 is 0. The van der Waals surface area contributed by atoms with E-state index >= 15 is 0 Å². The predicted octanol–water partition coefficient (Wildman–Crippen LogP) is 31.5. The Kier molecular flexibility index (Phi) is 30.2. The number of rotatable bonds is 50. The van der Waals surface area contributed by atoms with Gasteiger partial charge in [-0.15, -0.1) is 0 Å². The summed E-state index contributed by atoms with van der Waals surface area (Å²) < 4.78 is 0. The van der Waals surface area contributed by atoms with Crippen LogP contribution < -0.4 is 10.6 Å². The Labute approximate surface area is 628 Å². The Morgan fingerprint density at radius 3 is 0.641 bits per heavy atom. The fourth-order valence-electron chi connectivity index (χ4n) is 19.3. The molecule has 2 N–H and O–H groups in total. The first-order valence-corrected chi connectivity index (χ1v) is 43.3. The second-order valence-corrected chi connectivity index (χ2v) is 32.6. The largest absolute Gasteiger partial charge is 0.381 e. The van der Waals surface area contributed by atoms with Gasteiger partial charge in [0.25, 0.3) is 0 Å². The molecule has 8 aromatic rings. The van der Waals surface area contributed by atoms with Crippen LogP contribution in [-0.2, 0) is 29.3 Å². The van der Waals surface area contributed by atoms with Gasteiger partial charge < -0.3 is 10.6 Å². The molecule has 0 radical (unpaired) electrons. The van der Waals surface area contributed by atoms with Crippen molar-refractivity contribution in [3.05, 3.63) is 214 Å². The van der Waals surface area contributed by atoms with Gasteiger partial charge in [-0.3, -0.25) is 0 Å². The highest BCUT2D eigenvalue weighted by molar-refractivity contribution is 5.90. The van der Waals surface area contributed by atoms with Crippen LogP contribution in [0.15, 0.2) is 170 Å². The van der Waals surface area contributed by atoms with Gasteiger partial charge in [0.1, 0.15) is 0 Å². The summed E-state index contributed by atoms with van der Waals surface area (Å²) in [5.74, 6) is 0. The van der Waals surface area contributed by atoms with E-state index in [1.807, 2.05) is 0 Å². The lowest BCUT2D eigenvalue weighted by Gasteiger charge is -2.34. The Morgan fingerprint density at radius 1 is 0.204 bits per heavy atom. The maximum atomic E-state index is 3.93. The van der Waals surface area contributed by atoms with Gasteiger partial charge in [0.05, 0.1) is 0 Å². The SMILES string of the molecule is CCCCCCCCC1(CCCCCCCC)c2cc(NCc3ccccc3)ccc2-c2ccc(-c3ccc4c(c3)C(CCCCCCCC)(CCCCCCCC)c3cc(-c5ccc6c(c5)C(CCCCCCCC)(CCCCCCCC)c5cc(NCc7ccccc7)ccc5-6)ccc3-4)cc21. The van der Waals surface area contributed by atoms with E-state index in [9.17, 15) is 0 Å². The minimum absolute atomic E-state index is 0.0333. The number of anilines is 2. The van der Waals surface area contributed by atoms with Gasteiger partial charge in [-0.2, -0.15) is 0 Å². The molecule has 2 heteroatoms. The van der Waals surface area contributed by atoms with Crippen molar-refractivity contribution in [2.75, 3.05) is 10.6 Å². The molecule has 0 aliphatic heterocycles. The Morgan fingerprint density at radius 2 is 0.408 bits per heavy atom. The van der Waals surface area contributed by atoms with E-state index in [0.717, 1.165) is 13.1 Å². The third kappa shape index (κ3) is 19.3. The molecule has 0 heterocycles. The smallest absolute Gasteiger partial charge is 0.0400 e. The molecule has 0 bridgehead atoms. The van der Waals surface area contributed by atoms with Crippen molar-refractivity contribution in [1.29, 1.82) is 0 Å². The molecule has 0 unspecified atom stereocenters. The first-order valence-electron chi connectivity index (χ1n) is 43.3. The molecule has 0 aromatic heterocycles. The van der Waals surface area contributed by atoms with Crippen molar-refractivity contribution in [2.24, 2.45) is 0 Å². The summed E-state index contributed by atoms with van der Waals surface area (Å²) in [4.78, 5) is 0. The molecule has 0 amide bonds. The van der Waals surface area contributed by atoms with E-state index in [-0.39, 0.29) is 16.2 Å². The molecule has 0 atom stereocenters. The summed E-state index contributed by atoms with van der Waals surface area (Å²) in [5, 5.41) is 7.86. The van der Waals surface area contributed by atoms with Crippen molar-refractivity contribution >= 4 is 11.4 Å². The van der Waals surface area contributed by atoms with Gasteiger partial charge in [-0.1, -0.05) is 394 Å². The van der Waals surface area contributed by atoms with Gasteiger partial charge in [0.2, 0.25) is 0 Å². The lowest BCUT2D eigenvalue weighted by Crippen LogP contribution is -2.26. The number of unbranched alkanes of at least 4 members (excludes halogenated alkanes) is 30. The van der Waals surface area contributed by atoms with Crippen LogP contribution in [0.25, 0.3) is 55.6 Å². The zero-order chi connectivity index (χ0) is 71.4. The predicted molar refractivity (Wildman–Crippen MR) is 451 cm³/mol. The highest BCUT2D eigenvalue weighted by Gasteiger charge is 2.46. The third-order valence-corrected chi connectivity index (χ3v) is 25.2. The minimum atomic E-state index is -0.0724. The van der Waals surface area contributed by atoms with Crippen LogP contribution in [0.4, 0.5) is 11.4 Å². The lowest BCUT2D eigenvalue weighted by molar-refractivity contribution is 0.397. The maximum absolute atomic E-state index is 3.93. The zero-order valence-corrected chi connectivity index (χ0v) is 65.8. The topological polar surface area (TPSA) is 24.1 Å². The van der Waals surface area contributed by atoms with Crippen LogP contribution in [0.1, 0.15) is 356 Å². The van der Waals surface area contributed by atoms with Gasteiger partial charge in [0.15, 0.2) is 0 Å². The van der Waals surface area contributed by atoms with E-state index in [4.69, 9.17) is 0 Å². The highest BCUT2D eigenvalue weighted by atomic mass is 14.9. The Balaban J connectivity index is 1.01. The zero-order valence-electron chi connectivity index (χ0n) is 65.8. The third-order valence-electron chi connectivity index (χ3n) is 25.2. The van der Waals surface area contributed by atoms with Gasteiger partial charge in [-0.25, -0.2) is 0 Å². The van der Waals surface area contributed by atoms with E-state index < -0.39 is 0 Å². The molecule has 11 rings (SSSR count). The van der Waals surface area contributed by atoms with Crippen molar-refractivity contribution in [1.82, 2.24) is 0 Å². The number of benzene rings is 8. The molecular formula is C101H136N2. The van der Waals surface area contributed by atoms with Gasteiger partial charge in [-0.05, 0) is 187 Å². The molecule has 0 fully saturated rings. The minimum Gasteiger partial charge on any atom is -0.381 e. The van der Waals surface area contributed by atoms with Crippen molar-refractivity contribution in [3.8, 4) is 55.6 Å². The fourth-order valence-corrected chi connectivity index (χ4v) is 19.3. The van der Waals surface area contributed by atoms with E-state index in [1.165, 1.54) is 348 Å². The monoisotopic (exact) mass is 1380 g/mol. The normalized spacial score (nSPS) is 13.9. The van der Waals surface area contributed by atoms with Gasteiger partial charge in [0, 0.05) is 40.7 Å². The summed E-state index contributed by atoms with van der Waals surface area (Å²) in [6, 6.07) is 68.6. The Hall–Kier alpha value is -6.64. The molecule has 8 aromatic carbocycles. The van der Waals surface area contributed by atoms with Crippen molar-refractivity contribution in [3.63, 3.8) is 0 Å². The van der Waals surface area contributed by atoms with Crippen LogP contribution in [-0.4, -0.2) is 0 Å². The second kappa shape index (κ2) is 40.2. The van der Waals surface area contributed by atoms with Crippen LogP contribution in [0.2, 0.25) is 0 Å². The van der Waals surface area contributed by atoms with Gasteiger partial charge >= 0.3 is 0 Å². The number of hydrogen-bond acceptors (Lipinski definition) is 2. The molecule has 3 aliphatic rings. The summed E-state index contributed by atoms with van der Waals surface area (Å²) in [6.07, 6.45) is 54.7. The maximum Gasteiger partial charge on any atom is 0.0400 e. The molecule has 3 aliphatic carbocycles. The summed E-state index contributed by atoms with van der Waals surface area (Å²) in [6.45, 7) is 15.8. The number of nitrogens with one attached hydrogen (secondary N) is 2. The second-order valence-electron chi connectivity index (χ2n) is 32.6. The van der Waals surface area contributed by atoms with Crippen LogP contribution in [0, 0.1) is 0 Å². The Bertz CT molecular complexity index is 3540. The van der Waals surface area contributed by atoms with E-state index in [2.05, 4.69) is 222 Å². The summed E-state index contributed by atoms with van der Waals surface area (Å²) in [5.41, 5.74) is 29.1. The van der Waals surface area contributed by atoms with E-state index in [0.29, 0.717) is 0 Å².